The minimum Gasteiger partial charge on any atom is -0.399 e. The summed E-state index contributed by atoms with van der Waals surface area (Å²) in [6.07, 6.45) is 1.78. The summed E-state index contributed by atoms with van der Waals surface area (Å²) in [6, 6.07) is 4.75. The fourth-order valence-electron chi connectivity index (χ4n) is 1.98. The smallest absolute Gasteiger partial charge is 0.241 e. The zero-order valence-electron chi connectivity index (χ0n) is 10.4. The minimum absolute atomic E-state index is 0.180. The maximum absolute atomic E-state index is 12.2. The highest BCUT2D eigenvalue weighted by Crippen LogP contribution is 2.24. The number of benzene rings is 1. The number of anilines is 1. The average Bonchev–Trinajstić information content (AvgIpc) is 2.40. The van der Waals surface area contributed by atoms with E-state index in [9.17, 15) is 8.42 Å². The van der Waals surface area contributed by atoms with Gasteiger partial charge in [-0.05, 0) is 52.9 Å². The first-order valence-electron chi connectivity index (χ1n) is 6.11. The predicted molar refractivity (Wildman–Crippen MR) is 77.3 cm³/mol. The van der Waals surface area contributed by atoms with E-state index in [4.69, 9.17) is 10.5 Å². The van der Waals surface area contributed by atoms with Crippen LogP contribution < -0.4 is 10.5 Å². The van der Waals surface area contributed by atoms with Crippen LogP contribution in [-0.2, 0) is 14.8 Å². The van der Waals surface area contributed by atoms with E-state index in [0.29, 0.717) is 35.8 Å². The Morgan fingerprint density at radius 3 is 2.74 bits per heavy atom. The zero-order valence-corrected chi connectivity index (χ0v) is 12.8. The third kappa shape index (κ3) is 3.92. The van der Waals surface area contributed by atoms with Crippen molar-refractivity contribution >= 4 is 31.6 Å². The van der Waals surface area contributed by atoms with Gasteiger partial charge in [-0.1, -0.05) is 0 Å². The number of hydrogen-bond donors (Lipinski definition) is 2. The van der Waals surface area contributed by atoms with Crippen LogP contribution in [0.25, 0.3) is 0 Å². The molecule has 0 atom stereocenters. The Bertz CT molecular complexity index is 542. The molecule has 1 saturated heterocycles. The zero-order chi connectivity index (χ0) is 13.9. The lowest BCUT2D eigenvalue weighted by Crippen LogP contribution is -2.32. The van der Waals surface area contributed by atoms with E-state index in [0.717, 1.165) is 12.8 Å². The molecule has 0 bridgehead atoms. The van der Waals surface area contributed by atoms with Crippen molar-refractivity contribution < 1.29 is 13.2 Å². The first-order valence-corrected chi connectivity index (χ1v) is 8.39. The van der Waals surface area contributed by atoms with E-state index in [2.05, 4.69) is 20.7 Å². The molecular formula is C12H17BrN2O3S. The maximum Gasteiger partial charge on any atom is 0.241 e. The van der Waals surface area contributed by atoms with Gasteiger partial charge in [-0.15, -0.1) is 0 Å². The van der Waals surface area contributed by atoms with Crippen molar-refractivity contribution in [3.05, 3.63) is 22.7 Å². The molecule has 0 aromatic heterocycles. The van der Waals surface area contributed by atoms with Crippen molar-refractivity contribution in [3.8, 4) is 0 Å². The van der Waals surface area contributed by atoms with Crippen molar-refractivity contribution in [2.45, 2.75) is 17.7 Å². The van der Waals surface area contributed by atoms with Crippen LogP contribution in [-0.4, -0.2) is 28.2 Å². The largest absolute Gasteiger partial charge is 0.399 e. The van der Waals surface area contributed by atoms with Crippen molar-refractivity contribution in [2.75, 3.05) is 25.5 Å². The summed E-state index contributed by atoms with van der Waals surface area (Å²) in [5.74, 6) is 0.336. The Hall–Kier alpha value is -0.630. The Kier molecular flexibility index (Phi) is 4.83. The summed E-state index contributed by atoms with van der Waals surface area (Å²) in [6.45, 7) is 1.84. The lowest BCUT2D eigenvalue weighted by atomic mass is 10.0. The third-order valence-corrected chi connectivity index (χ3v) is 5.57. The van der Waals surface area contributed by atoms with Crippen molar-refractivity contribution in [2.24, 2.45) is 5.92 Å². The fourth-order valence-corrected chi connectivity index (χ4v) is 4.09. The number of nitrogens with two attached hydrogens (primary N) is 1. The molecule has 2 rings (SSSR count). The topological polar surface area (TPSA) is 81.4 Å². The number of halogens is 1. The van der Waals surface area contributed by atoms with Crippen LogP contribution >= 0.6 is 15.9 Å². The van der Waals surface area contributed by atoms with Gasteiger partial charge in [-0.3, -0.25) is 0 Å². The molecule has 7 heteroatoms. The molecular weight excluding hydrogens is 332 g/mol. The summed E-state index contributed by atoms with van der Waals surface area (Å²) in [5, 5.41) is 0. The molecule has 1 aliphatic heterocycles. The van der Waals surface area contributed by atoms with E-state index in [1.807, 2.05) is 0 Å². The molecule has 0 saturated carbocycles. The molecule has 0 radical (unpaired) electrons. The molecule has 0 aliphatic carbocycles. The van der Waals surface area contributed by atoms with Gasteiger partial charge in [0, 0.05) is 29.9 Å². The highest BCUT2D eigenvalue weighted by molar-refractivity contribution is 9.10. The molecule has 1 fully saturated rings. The van der Waals surface area contributed by atoms with Gasteiger partial charge in [0.1, 0.15) is 0 Å². The van der Waals surface area contributed by atoms with Gasteiger partial charge in [0.05, 0.1) is 4.90 Å². The summed E-state index contributed by atoms with van der Waals surface area (Å²) >= 11 is 3.24. The number of nitrogens with one attached hydrogen (secondary N) is 1. The SMILES string of the molecule is Nc1ccc(Br)c(S(=O)(=O)NCC2CCOCC2)c1. The molecule has 0 amide bonds. The van der Waals surface area contributed by atoms with E-state index in [1.165, 1.54) is 6.07 Å². The van der Waals surface area contributed by atoms with Gasteiger partial charge in [0.15, 0.2) is 0 Å². The van der Waals surface area contributed by atoms with Crippen LogP contribution in [0.2, 0.25) is 0 Å². The number of hydrogen-bond acceptors (Lipinski definition) is 4. The molecule has 1 aromatic rings. The van der Waals surface area contributed by atoms with Gasteiger partial charge in [0.2, 0.25) is 10.0 Å². The molecule has 1 aromatic carbocycles. The first-order chi connectivity index (χ1) is 8.99. The minimum atomic E-state index is -3.53. The Labute approximate surface area is 121 Å². The summed E-state index contributed by atoms with van der Waals surface area (Å²) < 4.78 is 32.8. The van der Waals surface area contributed by atoms with Crippen molar-refractivity contribution in [3.63, 3.8) is 0 Å². The normalized spacial score (nSPS) is 17.5. The summed E-state index contributed by atoms with van der Waals surface area (Å²) in [7, 11) is -3.53. The van der Waals surface area contributed by atoms with Gasteiger partial charge >= 0.3 is 0 Å². The van der Waals surface area contributed by atoms with Gasteiger partial charge < -0.3 is 10.5 Å². The number of ether oxygens (including phenoxy) is 1. The highest BCUT2D eigenvalue weighted by atomic mass is 79.9. The Balaban J connectivity index is 2.07. The van der Waals surface area contributed by atoms with E-state index in [-0.39, 0.29) is 4.90 Å². The molecule has 5 nitrogen and oxygen atoms in total. The van der Waals surface area contributed by atoms with Gasteiger partial charge in [-0.2, -0.15) is 0 Å². The maximum atomic E-state index is 12.2. The molecule has 0 spiro atoms. The average molecular weight is 349 g/mol. The Morgan fingerprint density at radius 1 is 1.37 bits per heavy atom. The molecule has 1 aliphatic rings. The fraction of sp³-hybridized carbons (Fsp3) is 0.500. The number of nitrogen functional groups attached to an aromatic ring is 1. The van der Waals surface area contributed by atoms with Crippen LogP contribution in [0.15, 0.2) is 27.6 Å². The lowest BCUT2D eigenvalue weighted by Gasteiger charge is -2.22. The number of sulfonamides is 1. The van der Waals surface area contributed by atoms with E-state index >= 15 is 0 Å². The van der Waals surface area contributed by atoms with Crippen molar-refractivity contribution in [1.29, 1.82) is 0 Å². The van der Waals surface area contributed by atoms with E-state index < -0.39 is 10.0 Å². The van der Waals surface area contributed by atoms with Crippen LogP contribution in [0.3, 0.4) is 0 Å². The molecule has 3 N–H and O–H groups in total. The van der Waals surface area contributed by atoms with Crippen LogP contribution in [0.5, 0.6) is 0 Å². The molecule has 1 heterocycles. The monoisotopic (exact) mass is 348 g/mol. The van der Waals surface area contributed by atoms with Crippen LogP contribution in [0.4, 0.5) is 5.69 Å². The lowest BCUT2D eigenvalue weighted by molar-refractivity contribution is 0.0678. The van der Waals surface area contributed by atoms with E-state index in [1.54, 1.807) is 12.1 Å². The molecule has 19 heavy (non-hydrogen) atoms. The van der Waals surface area contributed by atoms with Crippen LogP contribution in [0, 0.1) is 5.92 Å². The van der Waals surface area contributed by atoms with Crippen molar-refractivity contribution in [1.82, 2.24) is 4.72 Å². The summed E-state index contributed by atoms with van der Waals surface area (Å²) in [5.41, 5.74) is 6.06. The first kappa shape index (κ1) is 14.8. The second-order valence-electron chi connectivity index (χ2n) is 4.60. The quantitative estimate of drug-likeness (QED) is 0.812. The summed E-state index contributed by atoms with van der Waals surface area (Å²) in [4.78, 5) is 0.180. The highest BCUT2D eigenvalue weighted by Gasteiger charge is 2.21. The number of rotatable bonds is 4. The Morgan fingerprint density at radius 2 is 2.05 bits per heavy atom. The van der Waals surface area contributed by atoms with Gasteiger partial charge in [0.25, 0.3) is 0 Å². The van der Waals surface area contributed by atoms with Crippen LogP contribution in [0.1, 0.15) is 12.8 Å². The second kappa shape index (κ2) is 6.21. The van der Waals surface area contributed by atoms with Gasteiger partial charge in [-0.25, -0.2) is 13.1 Å². The predicted octanol–water partition coefficient (Wildman–Crippen LogP) is 1.74. The second-order valence-corrected chi connectivity index (χ2v) is 7.19. The molecule has 106 valence electrons. The standard InChI is InChI=1S/C12H17BrN2O3S/c13-11-2-1-10(14)7-12(11)19(16,17)15-8-9-3-5-18-6-4-9/h1-2,7,9,15H,3-6,8,14H2. The third-order valence-electron chi connectivity index (χ3n) is 3.15. The molecule has 0 unspecified atom stereocenters.